The van der Waals surface area contributed by atoms with E-state index in [1.54, 1.807) is 6.07 Å². The molecule has 1 aromatic carbocycles. The molecule has 16 heavy (non-hydrogen) atoms. The predicted molar refractivity (Wildman–Crippen MR) is 64.5 cm³/mol. The average Bonchev–Trinajstić information content (AvgIpc) is 3.08. The SMILES string of the molecule is NC(=O)c1ccccc1NCCNC1CC1. The highest BCUT2D eigenvalue weighted by Gasteiger charge is 2.19. The summed E-state index contributed by atoms with van der Waals surface area (Å²) in [4.78, 5) is 11.1. The Balaban J connectivity index is 1.84. The Hall–Kier alpha value is -1.55. The maximum atomic E-state index is 11.1. The predicted octanol–water partition coefficient (Wildman–Crippen LogP) is 0.949. The number of rotatable bonds is 6. The molecule has 0 unspecified atom stereocenters. The summed E-state index contributed by atoms with van der Waals surface area (Å²) in [5, 5.41) is 6.61. The molecule has 1 aromatic rings. The fourth-order valence-corrected chi connectivity index (χ4v) is 1.61. The molecule has 1 amide bonds. The molecule has 0 aliphatic heterocycles. The fourth-order valence-electron chi connectivity index (χ4n) is 1.61. The van der Waals surface area contributed by atoms with E-state index in [1.165, 1.54) is 12.8 Å². The highest BCUT2D eigenvalue weighted by Crippen LogP contribution is 2.18. The lowest BCUT2D eigenvalue weighted by Crippen LogP contribution is -2.24. The number of benzene rings is 1. The highest BCUT2D eigenvalue weighted by atomic mass is 16.1. The molecule has 1 saturated carbocycles. The number of carbonyl (C=O) groups is 1. The molecule has 0 heterocycles. The van der Waals surface area contributed by atoms with Gasteiger partial charge in [0, 0.05) is 24.8 Å². The Morgan fingerprint density at radius 3 is 2.75 bits per heavy atom. The van der Waals surface area contributed by atoms with E-state index in [0.29, 0.717) is 11.6 Å². The van der Waals surface area contributed by atoms with Gasteiger partial charge in [-0.3, -0.25) is 4.79 Å². The molecule has 1 aliphatic rings. The van der Waals surface area contributed by atoms with E-state index >= 15 is 0 Å². The van der Waals surface area contributed by atoms with Crippen molar-refractivity contribution >= 4 is 11.6 Å². The van der Waals surface area contributed by atoms with Gasteiger partial charge in [-0.15, -0.1) is 0 Å². The van der Waals surface area contributed by atoms with Crippen LogP contribution in [0.1, 0.15) is 23.2 Å². The van der Waals surface area contributed by atoms with E-state index in [-0.39, 0.29) is 0 Å². The number of amides is 1. The van der Waals surface area contributed by atoms with Gasteiger partial charge in [-0.1, -0.05) is 12.1 Å². The maximum Gasteiger partial charge on any atom is 0.250 e. The van der Waals surface area contributed by atoms with E-state index in [1.807, 2.05) is 18.2 Å². The molecule has 2 rings (SSSR count). The van der Waals surface area contributed by atoms with Gasteiger partial charge in [0.15, 0.2) is 0 Å². The molecule has 0 spiro atoms. The van der Waals surface area contributed by atoms with E-state index in [4.69, 9.17) is 5.73 Å². The molecule has 0 saturated heterocycles. The third-order valence-electron chi connectivity index (χ3n) is 2.64. The average molecular weight is 219 g/mol. The molecular weight excluding hydrogens is 202 g/mol. The first-order valence-electron chi connectivity index (χ1n) is 5.63. The summed E-state index contributed by atoms with van der Waals surface area (Å²) in [5.41, 5.74) is 6.64. The van der Waals surface area contributed by atoms with Gasteiger partial charge in [-0.2, -0.15) is 0 Å². The van der Waals surface area contributed by atoms with E-state index in [2.05, 4.69) is 10.6 Å². The van der Waals surface area contributed by atoms with E-state index in [0.717, 1.165) is 18.8 Å². The van der Waals surface area contributed by atoms with Crippen LogP contribution in [-0.2, 0) is 0 Å². The first-order chi connectivity index (χ1) is 7.77. The van der Waals surface area contributed by atoms with Crippen molar-refractivity contribution in [1.29, 1.82) is 0 Å². The van der Waals surface area contributed by atoms with Crippen molar-refractivity contribution in [3.63, 3.8) is 0 Å². The van der Waals surface area contributed by atoms with Crippen LogP contribution in [0.3, 0.4) is 0 Å². The minimum Gasteiger partial charge on any atom is -0.383 e. The van der Waals surface area contributed by atoms with Gasteiger partial charge in [-0.05, 0) is 25.0 Å². The minimum absolute atomic E-state index is 0.391. The summed E-state index contributed by atoms with van der Waals surface area (Å²) >= 11 is 0. The lowest BCUT2D eigenvalue weighted by molar-refractivity contribution is 0.100. The Morgan fingerprint density at radius 2 is 2.06 bits per heavy atom. The van der Waals surface area contributed by atoms with Crippen LogP contribution in [0.4, 0.5) is 5.69 Å². The summed E-state index contributed by atoms with van der Waals surface area (Å²) < 4.78 is 0. The van der Waals surface area contributed by atoms with Crippen molar-refractivity contribution in [3.05, 3.63) is 29.8 Å². The van der Waals surface area contributed by atoms with Crippen molar-refractivity contribution in [3.8, 4) is 0 Å². The summed E-state index contributed by atoms with van der Waals surface area (Å²) in [7, 11) is 0. The molecule has 4 nitrogen and oxygen atoms in total. The molecule has 0 atom stereocenters. The van der Waals surface area contributed by atoms with Crippen molar-refractivity contribution in [2.45, 2.75) is 18.9 Å². The third kappa shape index (κ3) is 2.97. The number of hydrogen-bond donors (Lipinski definition) is 3. The molecule has 86 valence electrons. The number of anilines is 1. The van der Waals surface area contributed by atoms with Crippen LogP contribution in [0.15, 0.2) is 24.3 Å². The summed E-state index contributed by atoms with van der Waals surface area (Å²) in [5.74, 6) is -0.391. The standard InChI is InChI=1S/C12H17N3O/c13-12(16)10-3-1-2-4-11(10)15-8-7-14-9-5-6-9/h1-4,9,14-15H,5-8H2,(H2,13,16). The highest BCUT2D eigenvalue weighted by molar-refractivity contribution is 5.98. The third-order valence-corrected chi connectivity index (χ3v) is 2.64. The van der Waals surface area contributed by atoms with Crippen molar-refractivity contribution in [2.24, 2.45) is 5.73 Å². The van der Waals surface area contributed by atoms with Crippen LogP contribution >= 0.6 is 0 Å². The van der Waals surface area contributed by atoms with E-state index < -0.39 is 5.91 Å². The Kier molecular flexibility index (Phi) is 3.41. The van der Waals surface area contributed by atoms with Gasteiger partial charge >= 0.3 is 0 Å². The zero-order valence-electron chi connectivity index (χ0n) is 9.20. The fraction of sp³-hybridized carbons (Fsp3) is 0.417. The first-order valence-corrected chi connectivity index (χ1v) is 5.63. The monoisotopic (exact) mass is 219 g/mol. The normalized spacial score (nSPS) is 14.8. The molecule has 0 aromatic heterocycles. The molecule has 1 aliphatic carbocycles. The zero-order chi connectivity index (χ0) is 11.4. The second-order valence-electron chi connectivity index (χ2n) is 4.07. The van der Waals surface area contributed by atoms with Gasteiger partial charge in [-0.25, -0.2) is 0 Å². The Morgan fingerprint density at radius 1 is 1.31 bits per heavy atom. The van der Waals surface area contributed by atoms with Crippen molar-refractivity contribution < 1.29 is 4.79 Å². The first kappa shape index (κ1) is 11.0. The zero-order valence-corrected chi connectivity index (χ0v) is 9.20. The number of primary amides is 1. The van der Waals surface area contributed by atoms with Crippen LogP contribution in [0.25, 0.3) is 0 Å². The second-order valence-corrected chi connectivity index (χ2v) is 4.07. The number of nitrogens with one attached hydrogen (secondary N) is 2. The molecule has 0 radical (unpaired) electrons. The Bertz CT molecular complexity index is 374. The Labute approximate surface area is 95.2 Å². The molecule has 1 fully saturated rings. The number of hydrogen-bond acceptors (Lipinski definition) is 3. The summed E-state index contributed by atoms with van der Waals surface area (Å²) in [6, 6.07) is 8.03. The van der Waals surface area contributed by atoms with Crippen molar-refractivity contribution in [1.82, 2.24) is 5.32 Å². The topological polar surface area (TPSA) is 67.2 Å². The minimum atomic E-state index is -0.391. The van der Waals surface area contributed by atoms with Crippen LogP contribution in [0, 0.1) is 0 Å². The maximum absolute atomic E-state index is 11.1. The lowest BCUT2D eigenvalue weighted by atomic mass is 10.1. The quantitative estimate of drug-likeness (QED) is 0.624. The van der Waals surface area contributed by atoms with Crippen LogP contribution in [0.5, 0.6) is 0 Å². The van der Waals surface area contributed by atoms with Crippen molar-refractivity contribution in [2.75, 3.05) is 18.4 Å². The van der Waals surface area contributed by atoms with Crippen LogP contribution in [0.2, 0.25) is 0 Å². The van der Waals surface area contributed by atoms with Gasteiger partial charge < -0.3 is 16.4 Å². The van der Waals surface area contributed by atoms with Crippen LogP contribution in [-0.4, -0.2) is 25.0 Å². The molecular formula is C12H17N3O. The van der Waals surface area contributed by atoms with Gasteiger partial charge in [0.1, 0.15) is 0 Å². The molecule has 4 heteroatoms. The summed E-state index contributed by atoms with van der Waals surface area (Å²) in [6.45, 7) is 1.72. The molecule has 4 N–H and O–H groups in total. The second kappa shape index (κ2) is 4.99. The lowest BCUT2D eigenvalue weighted by Gasteiger charge is -2.10. The van der Waals surface area contributed by atoms with Gasteiger partial charge in [0.25, 0.3) is 5.91 Å². The number of carbonyl (C=O) groups excluding carboxylic acids is 1. The van der Waals surface area contributed by atoms with Gasteiger partial charge in [0.2, 0.25) is 0 Å². The van der Waals surface area contributed by atoms with E-state index in [9.17, 15) is 4.79 Å². The molecule has 0 bridgehead atoms. The van der Waals surface area contributed by atoms with Crippen LogP contribution < -0.4 is 16.4 Å². The number of para-hydroxylation sites is 1. The summed E-state index contributed by atoms with van der Waals surface area (Å²) in [6.07, 6.45) is 2.58. The largest absolute Gasteiger partial charge is 0.383 e. The van der Waals surface area contributed by atoms with Gasteiger partial charge in [0.05, 0.1) is 5.56 Å². The number of nitrogens with two attached hydrogens (primary N) is 1. The smallest absolute Gasteiger partial charge is 0.250 e.